The average molecular weight is 372 g/mol. The summed E-state index contributed by atoms with van der Waals surface area (Å²) in [6.45, 7) is 1.75. The molecule has 1 atom stereocenters. The molecule has 2 N–H and O–H groups in total. The second kappa shape index (κ2) is 8.39. The highest BCUT2D eigenvalue weighted by molar-refractivity contribution is 5.84. The van der Waals surface area contributed by atoms with Crippen LogP contribution in [0.5, 0.6) is 0 Å². The summed E-state index contributed by atoms with van der Waals surface area (Å²) in [6, 6.07) is 8.21. The van der Waals surface area contributed by atoms with E-state index in [0.29, 0.717) is 24.3 Å². The first-order chi connectivity index (χ1) is 13.0. The molecule has 6 heteroatoms. The van der Waals surface area contributed by atoms with Gasteiger partial charge in [0.2, 0.25) is 5.91 Å². The van der Waals surface area contributed by atoms with Gasteiger partial charge in [-0.3, -0.25) is 15.0 Å². The van der Waals surface area contributed by atoms with Crippen molar-refractivity contribution < 1.29 is 18.8 Å². The zero-order chi connectivity index (χ0) is 19.4. The number of rotatable bonds is 3. The van der Waals surface area contributed by atoms with Crippen LogP contribution in [0.25, 0.3) is 5.57 Å². The van der Waals surface area contributed by atoms with E-state index in [-0.39, 0.29) is 17.6 Å². The molecule has 0 saturated heterocycles. The normalized spacial score (nSPS) is 18.4. The van der Waals surface area contributed by atoms with Crippen molar-refractivity contribution in [3.8, 4) is 0 Å². The van der Waals surface area contributed by atoms with Crippen LogP contribution in [0.15, 0.2) is 42.6 Å². The lowest BCUT2D eigenvalue weighted by Gasteiger charge is -2.08. The average Bonchev–Trinajstić information content (AvgIpc) is 3.40. The number of nitrogens with one attached hydrogen (secondary N) is 1. The van der Waals surface area contributed by atoms with Crippen LogP contribution < -0.4 is 5.48 Å². The molecule has 142 valence electrons. The van der Waals surface area contributed by atoms with Gasteiger partial charge in [-0.25, -0.2) is 14.3 Å². The predicted molar refractivity (Wildman–Crippen MR) is 97.9 cm³/mol. The fourth-order valence-electron chi connectivity index (χ4n) is 3.17. The maximum Gasteiger partial charge on any atom is 0.250 e. The van der Waals surface area contributed by atoms with E-state index in [2.05, 4.69) is 4.98 Å². The summed E-state index contributed by atoms with van der Waals surface area (Å²) < 4.78 is 25.7. The lowest BCUT2D eigenvalue weighted by Crippen LogP contribution is -2.25. The van der Waals surface area contributed by atoms with Crippen molar-refractivity contribution in [2.45, 2.75) is 38.5 Å². The van der Waals surface area contributed by atoms with Gasteiger partial charge >= 0.3 is 0 Å². The Bertz CT molecular complexity index is 842. The molecule has 0 spiro atoms. The van der Waals surface area contributed by atoms with Crippen molar-refractivity contribution in [1.29, 1.82) is 0 Å². The number of aromatic nitrogens is 1. The summed E-state index contributed by atoms with van der Waals surface area (Å²) >= 11 is 0. The number of hydrogen-bond acceptors (Lipinski definition) is 3. The number of allylic oxidation sites excluding steroid dienone is 1. The molecule has 4 nitrogen and oxygen atoms in total. The van der Waals surface area contributed by atoms with E-state index in [9.17, 15) is 13.6 Å². The molecule has 1 aromatic heterocycles. The van der Waals surface area contributed by atoms with Gasteiger partial charge in [-0.05, 0) is 55.9 Å². The SMILES string of the molecule is Cc1ccccc1F.O=C(NO)C1C=C(c2cc(F)cnc2C2CC2)CC1. The molecule has 2 aromatic rings. The molecule has 1 unspecified atom stereocenters. The summed E-state index contributed by atoms with van der Waals surface area (Å²) in [5.41, 5.74) is 5.10. The van der Waals surface area contributed by atoms with Gasteiger partial charge in [-0.1, -0.05) is 24.3 Å². The Balaban J connectivity index is 0.000000221. The summed E-state index contributed by atoms with van der Waals surface area (Å²) in [5.74, 6) is -0.798. The van der Waals surface area contributed by atoms with Crippen LogP contribution in [0.2, 0.25) is 0 Å². The molecule has 0 radical (unpaired) electrons. The first-order valence-electron chi connectivity index (χ1n) is 9.01. The standard InChI is InChI=1S/C14H15FN2O2.C7H7F/c15-11-6-12(13(16-7-11)8-1-2-8)9-3-4-10(5-9)14(18)17-19;1-6-4-2-3-5-7(6)8/h5-8,10,19H,1-4H2,(H,17,18);2-5H,1H3. The number of halogens is 2. The van der Waals surface area contributed by atoms with E-state index >= 15 is 0 Å². The maximum absolute atomic E-state index is 13.4. The van der Waals surface area contributed by atoms with Crippen molar-refractivity contribution in [2.24, 2.45) is 5.92 Å². The van der Waals surface area contributed by atoms with Crippen molar-refractivity contribution in [1.82, 2.24) is 10.5 Å². The Morgan fingerprint density at radius 1 is 1.22 bits per heavy atom. The maximum atomic E-state index is 13.4. The molecule has 1 aromatic carbocycles. The molecule has 27 heavy (non-hydrogen) atoms. The predicted octanol–water partition coefficient (Wildman–Crippen LogP) is 4.53. The summed E-state index contributed by atoms with van der Waals surface area (Å²) in [6.07, 6.45) is 6.61. The first kappa shape index (κ1) is 19.2. The number of hydrogen-bond donors (Lipinski definition) is 2. The molecule has 0 aliphatic heterocycles. The van der Waals surface area contributed by atoms with Crippen molar-refractivity contribution >= 4 is 11.5 Å². The topological polar surface area (TPSA) is 62.2 Å². The molecule has 4 rings (SSSR count). The Kier molecular flexibility index (Phi) is 5.96. The number of carbonyl (C=O) groups excluding carboxylic acids is 1. The zero-order valence-corrected chi connectivity index (χ0v) is 15.1. The molecular formula is C21H22F2N2O2. The van der Waals surface area contributed by atoms with Crippen molar-refractivity contribution in [2.75, 3.05) is 0 Å². The smallest absolute Gasteiger partial charge is 0.250 e. The second-order valence-corrected chi connectivity index (χ2v) is 6.92. The number of benzene rings is 1. The van der Waals surface area contributed by atoms with E-state index in [4.69, 9.17) is 5.21 Å². The Morgan fingerprint density at radius 3 is 2.56 bits per heavy atom. The van der Waals surface area contributed by atoms with Gasteiger partial charge in [0.25, 0.3) is 0 Å². The third-order valence-corrected chi connectivity index (χ3v) is 4.85. The minimum absolute atomic E-state index is 0.132. The fraction of sp³-hybridized carbons (Fsp3) is 0.333. The van der Waals surface area contributed by atoms with Crippen molar-refractivity contribution in [3.05, 3.63) is 71.1 Å². The third kappa shape index (κ3) is 4.77. The number of pyridine rings is 1. The highest BCUT2D eigenvalue weighted by Gasteiger charge is 2.31. The quantitative estimate of drug-likeness (QED) is 0.615. The van der Waals surface area contributed by atoms with Crippen LogP contribution in [0.4, 0.5) is 8.78 Å². The minimum atomic E-state index is -0.410. The van der Waals surface area contributed by atoms with Crippen molar-refractivity contribution in [3.63, 3.8) is 0 Å². The number of aryl methyl sites for hydroxylation is 1. The summed E-state index contributed by atoms with van der Waals surface area (Å²) in [4.78, 5) is 15.6. The van der Waals surface area contributed by atoms with Crippen LogP contribution in [-0.2, 0) is 4.79 Å². The second-order valence-electron chi connectivity index (χ2n) is 6.92. The molecule has 1 fully saturated rings. The zero-order valence-electron chi connectivity index (χ0n) is 15.1. The fourth-order valence-corrected chi connectivity index (χ4v) is 3.17. The van der Waals surface area contributed by atoms with E-state index in [1.54, 1.807) is 24.5 Å². The molecule has 2 aliphatic rings. The van der Waals surface area contributed by atoms with Crippen LogP contribution in [0.3, 0.4) is 0 Å². The van der Waals surface area contributed by atoms with E-state index < -0.39 is 5.91 Å². The van der Waals surface area contributed by atoms with Crippen LogP contribution in [0, 0.1) is 24.5 Å². The number of carbonyl (C=O) groups is 1. The van der Waals surface area contributed by atoms with Crippen LogP contribution in [-0.4, -0.2) is 16.1 Å². The van der Waals surface area contributed by atoms with Gasteiger partial charge in [0.15, 0.2) is 0 Å². The first-order valence-corrected chi connectivity index (χ1v) is 9.01. The minimum Gasteiger partial charge on any atom is -0.289 e. The molecule has 1 amide bonds. The van der Waals surface area contributed by atoms with Crippen LogP contribution in [0.1, 0.15) is 48.4 Å². The largest absolute Gasteiger partial charge is 0.289 e. The Morgan fingerprint density at radius 2 is 1.96 bits per heavy atom. The summed E-state index contributed by atoms with van der Waals surface area (Å²) in [5, 5.41) is 8.65. The number of hydroxylamine groups is 1. The third-order valence-electron chi connectivity index (χ3n) is 4.85. The molecule has 1 saturated carbocycles. The van der Waals surface area contributed by atoms with Gasteiger partial charge in [-0.15, -0.1) is 0 Å². The lowest BCUT2D eigenvalue weighted by molar-refractivity contribution is -0.131. The summed E-state index contributed by atoms with van der Waals surface area (Å²) in [7, 11) is 0. The highest BCUT2D eigenvalue weighted by atomic mass is 19.1. The van der Waals surface area contributed by atoms with Crippen LogP contribution >= 0.6 is 0 Å². The van der Waals surface area contributed by atoms with E-state index in [1.807, 2.05) is 12.1 Å². The monoisotopic (exact) mass is 372 g/mol. The van der Waals surface area contributed by atoms with Gasteiger partial charge < -0.3 is 0 Å². The number of amides is 1. The van der Waals surface area contributed by atoms with Gasteiger partial charge in [0.05, 0.1) is 17.8 Å². The molecule has 0 bridgehead atoms. The van der Waals surface area contributed by atoms with E-state index in [0.717, 1.165) is 29.7 Å². The lowest BCUT2D eigenvalue weighted by atomic mass is 10.0. The Hall–Kier alpha value is -2.60. The van der Waals surface area contributed by atoms with E-state index in [1.165, 1.54) is 18.3 Å². The van der Waals surface area contributed by atoms with Gasteiger partial charge in [0, 0.05) is 11.5 Å². The van der Waals surface area contributed by atoms with Gasteiger partial charge in [0.1, 0.15) is 11.6 Å². The molecule has 2 aliphatic carbocycles. The molecule has 1 heterocycles. The Labute approximate surface area is 156 Å². The number of nitrogens with zero attached hydrogens (tertiary/aromatic N) is 1. The highest BCUT2D eigenvalue weighted by Crippen LogP contribution is 2.44. The van der Waals surface area contributed by atoms with Gasteiger partial charge in [-0.2, -0.15) is 0 Å². The molecular weight excluding hydrogens is 350 g/mol.